The fourth-order valence-electron chi connectivity index (χ4n) is 5.06. The lowest BCUT2D eigenvalue weighted by Gasteiger charge is -2.29. The highest BCUT2D eigenvalue weighted by Crippen LogP contribution is 2.31. The molecule has 0 spiro atoms. The van der Waals surface area contributed by atoms with Crippen molar-refractivity contribution in [1.29, 1.82) is 0 Å². The van der Waals surface area contributed by atoms with E-state index in [0.717, 1.165) is 17.4 Å². The van der Waals surface area contributed by atoms with Gasteiger partial charge < -0.3 is 44.6 Å². The molecular weight excluding hydrogens is 642 g/mol. The highest BCUT2D eigenvalue weighted by Gasteiger charge is 2.44. The number of rotatable bonds is 17. The zero-order valence-electron chi connectivity index (χ0n) is 30.0. The molecule has 49 heavy (non-hydrogen) atoms. The molecule has 5 N–H and O–H groups in total. The average Bonchev–Trinajstić information content (AvgIpc) is 3.28. The predicted molar refractivity (Wildman–Crippen MR) is 180 cm³/mol. The van der Waals surface area contributed by atoms with Crippen molar-refractivity contribution in [2.45, 2.75) is 129 Å². The van der Waals surface area contributed by atoms with Crippen molar-refractivity contribution in [3.63, 3.8) is 0 Å². The second-order valence-electron chi connectivity index (χ2n) is 14.2. The third-order valence-electron chi connectivity index (χ3n) is 7.59. The van der Waals surface area contributed by atoms with Crippen molar-refractivity contribution in [3.8, 4) is 0 Å². The molecule has 2 rings (SSSR count). The first-order valence-corrected chi connectivity index (χ1v) is 17.1. The van der Waals surface area contributed by atoms with Crippen LogP contribution in [-0.4, -0.2) is 122 Å². The molecule has 1 fully saturated rings. The summed E-state index contributed by atoms with van der Waals surface area (Å²) in [6.45, 7) is 14.3. The van der Waals surface area contributed by atoms with Gasteiger partial charge in [0.15, 0.2) is 0 Å². The summed E-state index contributed by atoms with van der Waals surface area (Å²) < 4.78 is 17.6. The summed E-state index contributed by atoms with van der Waals surface area (Å²) in [4.78, 5) is 68.4. The van der Waals surface area contributed by atoms with Crippen LogP contribution in [0.3, 0.4) is 0 Å². The number of unbranched alkanes of at least 4 members (excludes halogenated alkanes) is 2. The van der Waals surface area contributed by atoms with E-state index >= 15 is 0 Å². The van der Waals surface area contributed by atoms with E-state index in [1.54, 1.807) is 30.6 Å². The van der Waals surface area contributed by atoms with Crippen LogP contribution in [0.25, 0.3) is 0 Å². The Bertz CT molecular complexity index is 1330. The molecule has 16 heteroatoms. The van der Waals surface area contributed by atoms with Gasteiger partial charge >= 0.3 is 17.9 Å². The normalized spacial score (nSPS) is 19.4. The molecule has 16 nitrogen and oxygen atoms in total. The Kier molecular flexibility index (Phi) is 16.2. The van der Waals surface area contributed by atoms with Crippen LogP contribution in [0, 0.1) is 0 Å². The van der Waals surface area contributed by atoms with Gasteiger partial charge in [-0.1, -0.05) is 13.3 Å². The monoisotopic (exact) mass is 699 g/mol. The minimum absolute atomic E-state index is 0.0914. The number of H-pyrrole nitrogens is 1. The number of nitrogens with zero attached hydrogens (tertiary/aromatic N) is 3. The van der Waals surface area contributed by atoms with Crippen molar-refractivity contribution >= 4 is 18.1 Å². The molecule has 0 saturated carbocycles. The van der Waals surface area contributed by atoms with Crippen LogP contribution in [-0.2, 0) is 25.5 Å². The van der Waals surface area contributed by atoms with Gasteiger partial charge in [0, 0.05) is 51.9 Å². The maximum Gasteiger partial charge on any atom is 0.410 e. The van der Waals surface area contributed by atoms with Crippen molar-refractivity contribution in [3.05, 3.63) is 32.6 Å². The van der Waals surface area contributed by atoms with E-state index in [1.165, 1.54) is 6.20 Å². The number of aliphatic hydroxyl groups is 3. The molecule has 1 unspecified atom stereocenters. The van der Waals surface area contributed by atoms with Gasteiger partial charge in [-0.2, -0.15) is 0 Å². The van der Waals surface area contributed by atoms with Gasteiger partial charge in [-0.25, -0.2) is 14.4 Å². The van der Waals surface area contributed by atoms with Gasteiger partial charge in [-0.3, -0.25) is 19.1 Å². The smallest absolute Gasteiger partial charge is 0.410 e. The van der Waals surface area contributed by atoms with Crippen molar-refractivity contribution in [1.82, 2.24) is 24.7 Å². The Morgan fingerprint density at radius 1 is 0.898 bits per heavy atom. The van der Waals surface area contributed by atoms with Crippen molar-refractivity contribution in [2.75, 3.05) is 39.3 Å². The van der Waals surface area contributed by atoms with E-state index < -0.39 is 59.6 Å². The minimum atomic E-state index is -1.49. The lowest BCUT2D eigenvalue weighted by molar-refractivity contribution is -0.121. The predicted octanol–water partition coefficient (Wildman–Crippen LogP) is 1.64. The minimum Gasteiger partial charge on any atom is -0.444 e. The molecule has 0 radical (unpaired) electrons. The molecule has 0 aliphatic carbocycles. The van der Waals surface area contributed by atoms with Crippen LogP contribution >= 0.6 is 0 Å². The lowest BCUT2D eigenvalue weighted by atomic mass is 10.0. The SMILES string of the molecule is CCCCN(CCCCN(CCCNC(=O)CCn1cc([C@@H]2O[C@H](CO)C(O)[C@@H]2O)c(=O)[nH]c1=O)C(=O)OC(C)(C)C)C(=O)OC(C)(C)C. The molecule has 1 saturated heterocycles. The fourth-order valence-corrected chi connectivity index (χ4v) is 5.06. The summed E-state index contributed by atoms with van der Waals surface area (Å²) in [7, 11) is 0. The van der Waals surface area contributed by atoms with Gasteiger partial charge in [0.1, 0.15) is 35.6 Å². The highest BCUT2D eigenvalue weighted by molar-refractivity contribution is 5.75. The number of hydrogen-bond donors (Lipinski definition) is 5. The van der Waals surface area contributed by atoms with Crippen LogP contribution in [0.5, 0.6) is 0 Å². The van der Waals surface area contributed by atoms with Crippen LogP contribution in [0.1, 0.15) is 98.7 Å². The third-order valence-corrected chi connectivity index (χ3v) is 7.59. The Morgan fingerprint density at radius 3 is 1.92 bits per heavy atom. The average molecular weight is 700 g/mol. The Labute approximate surface area is 287 Å². The van der Waals surface area contributed by atoms with Crippen LogP contribution < -0.4 is 16.6 Å². The number of nitrogens with one attached hydrogen (secondary N) is 2. The first kappa shape index (κ1) is 41.7. The zero-order valence-corrected chi connectivity index (χ0v) is 30.0. The number of ether oxygens (including phenoxy) is 3. The maximum atomic E-state index is 13.0. The first-order valence-electron chi connectivity index (χ1n) is 17.1. The molecule has 0 aromatic carbocycles. The van der Waals surface area contributed by atoms with E-state index in [1.807, 2.05) is 20.8 Å². The molecule has 2 heterocycles. The van der Waals surface area contributed by atoms with Gasteiger partial charge in [0.2, 0.25) is 5.91 Å². The number of aromatic nitrogens is 2. The number of carbonyl (C=O) groups is 3. The molecule has 1 aromatic rings. The number of carbonyl (C=O) groups excluding carboxylic acids is 3. The summed E-state index contributed by atoms with van der Waals surface area (Å²) in [6, 6.07) is 0. The topological polar surface area (TPSA) is 213 Å². The number of aromatic amines is 1. The summed E-state index contributed by atoms with van der Waals surface area (Å²) >= 11 is 0. The molecule has 0 bridgehead atoms. The number of aliphatic hydroxyl groups excluding tert-OH is 3. The van der Waals surface area contributed by atoms with E-state index in [4.69, 9.17) is 14.2 Å². The first-order chi connectivity index (χ1) is 22.9. The highest BCUT2D eigenvalue weighted by atomic mass is 16.6. The number of hydrogen-bond acceptors (Lipinski definition) is 11. The molecule has 1 aromatic heterocycles. The molecular formula is C33H57N5O11. The lowest BCUT2D eigenvalue weighted by Crippen LogP contribution is -2.40. The van der Waals surface area contributed by atoms with Crippen molar-refractivity contribution in [2.24, 2.45) is 0 Å². The summed E-state index contributed by atoms with van der Waals surface area (Å²) in [5.41, 5.74) is -2.99. The van der Waals surface area contributed by atoms with Gasteiger partial charge in [0.05, 0.1) is 12.2 Å². The van der Waals surface area contributed by atoms with Gasteiger partial charge in [0.25, 0.3) is 5.56 Å². The second kappa shape index (κ2) is 19.1. The zero-order chi connectivity index (χ0) is 36.9. The van der Waals surface area contributed by atoms with Gasteiger partial charge in [-0.15, -0.1) is 0 Å². The van der Waals surface area contributed by atoms with E-state index in [9.17, 15) is 39.3 Å². The Balaban J connectivity index is 1.91. The summed E-state index contributed by atoms with van der Waals surface area (Å²) in [6.07, 6.45) is -1.55. The molecule has 4 atom stereocenters. The number of amides is 3. The molecule has 1 aliphatic heterocycles. The quantitative estimate of drug-likeness (QED) is 0.148. The second-order valence-corrected chi connectivity index (χ2v) is 14.2. The fraction of sp³-hybridized carbons (Fsp3) is 0.788. The molecule has 280 valence electrons. The van der Waals surface area contributed by atoms with Crippen LogP contribution in [0.2, 0.25) is 0 Å². The summed E-state index contributed by atoms with van der Waals surface area (Å²) in [5, 5.41) is 32.4. The Morgan fingerprint density at radius 2 is 1.43 bits per heavy atom. The van der Waals surface area contributed by atoms with E-state index in [-0.39, 0.29) is 37.1 Å². The maximum absolute atomic E-state index is 13.0. The molecule has 1 aliphatic rings. The van der Waals surface area contributed by atoms with E-state index in [0.29, 0.717) is 45.4 Å². The summed E-state index contributed by atoms with van der Waals surface area (Å²) in [5.74, 6) is -0.370. The van der Waals surface area contributed by atoms with Crippen molar-refractivity contribution < 1.29 is 43.9 Å². The Hall–Kier alpha value is -3.47. The van der Waals surface area contributed by atoms with Gasteiger partial charge in [-0.05, 0) is 67.2 Å². The standard InChI is InChI=1S/C33H57N5O11/c1-8-9-15-36(30(45)48-32(2,3)4)16-10-11-17-37(31(46)49-33(5,6)7)18-12-14-34-24(40)13-19-38-20-22(28(43)35-29(38)44)27-26(42)25(41)23(21-39)47-27/h20,23,25-27,39,41-42H,8-19,21H2,1-7H3,(H,34,40)(H,35,43,44)/t23-,25?,26+,27+/m1/s1. The largest absolute Gasteiger partial charge is 0.444 e. The molecule has 3 amide bonds. The van der Waals surface area contributed by atoms with E-state index in [2.05, 4.69) is 17.2 Å². The van der Waals surface area contributed by atoms with Crippen LogP contribution in [0.15, 0.2) is 15.8 Å². The van der Waals surface area contributed by atoms with Crippen LogP contribution in [0.4, 0.5) is 9.59 Å². The third kappa shape index (κ3) is 14.1. The number of aryl methyl sites for hydroxylation is 1.